The van der Waals surface area contributed by atoms with E-state index < -0.39 is 0 Å². The summed E-state index contributed by atoms with van der Waals surface area (Å²) in [6.45, 7) is 8.41. The topological polar surface area (TPSA) is 54.9 Å². The number of nitrogens with one attached hydrogen (secondary N) is 2. The SMILES string of the molecule is CCOc1ccc(C(C)NC(=NC)NCC2(C3CC3)CC2)cc1OCC. The lowest BCUT2D eigenvalue weighted by Gasteiger charge is -2.22. The molecule has 2 aliphatic rings. The van der Waals surface area contributed by atoms with Crippen LogP contribution < -0.4 is 20.1 Å². The van der Waals surface area contributed by atoms with Gasteiger partial charge in [0, 0.05) is 13.6 Å². The predicted molar refractivity (Wildman–Crippen MR) is 106 cm³/mol. The van der Waals surface area contributed by atoms with Crippen molar-refractivity contribution in [3.8, 4) is 11.5 Å². The van der Waals surface area contributed by atoms with Crippen LogP contribution in [0.1, 0.15) is 58.1 Å². The Labute approximate surface area is 157 Å². The minimum atomic E-state index is 0.132. The molecule has 2 fully saturated rings. The van der Waals surface area contributed by atoms with Crippen molar-refractivity contribution in [3.05, 3.63) is 23.8 Å². The van der Waals surface area contributed by atoms with E-state index in [2.05, 4.69) is 34.7 Å². The number of ether oxygens (including phenoxy) is 2. The van der Waals surface area contributed by atoms with Gasteiger partial charge in [0.15, 0.2) is 17.5 Å². The normalized spacial score (nSPS) is 19.6. The zero-order chi connectivity index (χ0) is 18.6. The third-order valence-corrected chi connectivity index (χ3v) is 5.59. The van der Waals surface area contributed by atoms with Crippen molar-refractivity contribution in [2.45, 2.75) is 52.5 Å². The van der Waals surface area contributed by atoms with Gasteiger partial charge in [-0.2, -0.15) is 0 Å². The highest BCUT2D eigenvalue weighted by Crippen LogP contribution is 2.60. The van der Waals surface area contributed by atoms with Crippen LogP contribution in [0.25, 0.3) is 0 Å². The predicted octanol–water partition coefficient (Wildman–Crippen LogP) is 3.90. The zero-order valence-electron chi connectivity index (χ0n) is 16.6. The summed E-state index contributed by atoms with van der Waals surface area (Å²) < 4.78 is 11.4. The Balaban J connectivity index is 1.60. The second kappa shape index (κ2) is 8.19. The second-order valence-electron chi connectivity index (χ2n) is 7.50. The van der Waals surface area contributed by atoms with Crippen LogP contribution in [0.2, 0.25) is 0 Å². The molecule has 1 aromatic carbocycles. The first-order chi connectivity index (χ1) is 12.6. The van der Waals surface area contributed by atoms with Gasteiger partial charge in [0.25, 0.3) is 0 Å². The molecule has 5 nitrogen and oxygen atoms in total. The van der Waals surface area contributed by atoms with Crippen molar-refractivity contribution in [1.29, 1.82) is 0 Å². The molecule has 144 valence electrons. The third-order valence-electron chi connectivity index (χ3n) is 5.59. The number of nitrogens with zero attached hydrogens (tertiary/aromatic N) is 1. The van der Waals surface area contributed by atoms with Crippen LogP contribution in [-0.2, 0) is 0 Å². The molecule has 5 heteroatoms. The molecular formula is C21H33N3O2. The maximum atomic E-state index is 5.75. The van der Waals surface area contributed by atoms with E-state index in [9.17, 15) is 0 Å². The third kappa shape index (κ3) is 4.43. The summed E-state index contributed by atoms with van der Waals surface area (Å²) in [6.07, 6.45) is 5.56. The Bertz CT molecular complexity index is 636. The Morgan fingerprint density at radius 3 is 2.46 bits per heavy atom. The minimum absolute atomic E-state index is 0.132. The summed E-state index contributed by atoms with van der Waals surface area (Å²) in [4.78, 5) is 4.41. The molecule has 1 atom stereocenters. The van der Waals surface area contributed by atoms with Crippen molar-refractivity contribution in [2.24, 2.45) is 16.3 Å². The molecule has 1 aromatic rings. The molecular weight excluding hydrogens is 326 g/mol. The van der Waals surface area contributed by atoms with Gasteiger partial charge in [-0.1, -0.05) is 6.07 Å². The monoisotopic (exact) mass is 359 g/mol. The number of benzene rings is 1. The van der Waals surface area contributed by atoms with Gasteiger partial charge in [0.1, 0.15) is 0 Å². The molecule has 26 heavy (non-hydrogen) atoms. The van der Waals surface area contributed by atoms with Crippen molar-refractivity contribution >= 4 is 5.96 Å². The molecule has 2 saturated carbocycles. The van der Waals surface area contributed by atoms with E-state index in [0.717, 1.165) is 35.5 Å². The van der Waals surface area contributed by atoms with Crippen LogP contribution >= 0.6 is 0 Å². The van der Waals surface area contributed by atoms with E-state index in [-0.39, 0.29) is 6.04 Å². The largest absolute Gasteiger partial charge is 0.490 e. The first-order valence-electron chi connectivity index (χ1n) is 9.98. The number of hydrogen-bond donors (Lipinski definition) is 2. The van der Waals surface area contributed by atoms with Crippen LogP contribution in [0.5, 0.6) is 11.5 Å². The molecule has 0 saturated heterocycles. The molecule has 0 amide bonds. The van der Waals surface area contributed by atoms with E-state index in [1.54, 1.807) is 0 Å². The Kier molecular flexibility index (Phi) is 5.94. The Morgan fingerprint density at radius 2 is 1.88 bits per heavy atom. The van der Waals surface area contributed by atoms with E-state index in [1.165, 1.54) is 25.7 Å². The fraction of sp³-hybridized carbons (Fsp3) is 0.667. The maximum Gasteiger partial charge on any atom is 0.191 e. The summed E-state index contributed by atoms with van der Waals surface area (Å²) >= 11 is 0. The van der Waals surface area contributed by atoms with Gasteiger partial charge in [0.2, 0.25) is 0 Å². The summed E-state index contributed by atoms with van der Waals surface area (Å²) in [5.74, 6) is 3.42. The molecule has 0 bridgehead atoms. The smallest absolute Gasteiger partial charge is 0.191 e. The maximum absolute atomic E-state index is 5.75. The van der Waals surface area contributed by atoms with Gasteiger partial charge in [0.05, 0.1) is 19.3 Å². The number of aliphatic imine (C=N–C) groups is 1. The Morgan fingerprint density at radius 1 is 1.19 bits per heavy atom. The number of rotatable bonds is 9. The van der Waals surface area contributed by atoms with Gasteiger partial charge in [-0.15, -0.1) is 0 Å². The summed E-state index contributed by atoms with van der Waals surface area (Å²) in [7, 11) is 1.84. The van der Waals surface area contributed by atoms with Crippen molar-refractivity contribution in [1.82, 2.24) is 10.6 Å². The molecule has 1 unspecified atom stereocenters. The van der Waals surface area contributed by atoms with Crippen LogP contribution in [0.15, 0.2) is 23.2 Å². The molecule has 0 radical (unpaired) electrons. The fourth-order valence-electron chi connectivity index (χ4n) is 3.67. The lowest BCUT2D eigenvalue weighted by atomic mass is 10.0. The zero-order valence-corrected chi connectivity index (χ0v) is 16.6. The van der Waals surface area contributed by atoms with Gasteiger partial charge in [-0.25, -0.2) is 0 Å². The fourth-order valence-corrected chi connectivity index (χ4v) is 3.67. The van der Waals surface area contributed by atoms with Crippen molar-refractivity contribution in [3.63, 3.8) is 0 Å². The average Bonchev–Trinajstić information content (AvgIpc) is 3.53. The molecule has 2 aliphatic carbocycles. The first kappa shape index (κ1) is 18.9. The quantitative estimate of drug-likeness (QED) is 0.519. The van der Waals surface area contributed by atoms with Crippen LogP contribution in [0, 0.1) is 11.3 Å². The van der Waals surface area contributed by atoms with E-state index in [0.29, 0.717) is 18.6 Å². The van der Waals surface area contributed by atoms with E-state index in [1.807, 2.05) is 27.0 Å². The minimum Gasteiger partial charge on any atom is -0.490 e. The molecule has 2 N–H and O–H groups in total. The molecule has 0 aliphatic heterocycles. The highest BCUT2D eigenvalue weighted by Gasteiger charge is 2.53. The van der Waals surface area contributed by atoms with Crippen molar-refractivity contribution < 1.29 is 9.47 Å². The molecule has 0 aromatic heterocycles. The highest BCUT2D eigenvalue weighted by atomic mass is 16.5. The van der Waals surface area contributed by atoms with Crippen LogP contribution in [0.3, 0.4) is 0 Å². The summed E-state index contributed by atoms with van der Waals surface area (Å²) in [5, 5.41) is 7.05. The standard InChI is InChI=1S/C21H33N3O2/c1-5-25-18-10-7-16(13-19(18)26-6-2)15(3)24-20(22-4)23-14-21(11-12-21)17-8-9-17/h7,10,13,15,17H,5-6,8-9,11-12,14H2,1-4H3,(H2,22,23,24). The van der Waals surface area contributed by atoms with E-state index in [4.69, 9.17) is 9.47 Å². The lowest BCUT2D eigenvalue weighted by Crippen LogP contribution is -2.41. The van der Waals surface area contributed by atoms with Gasteiger partial charge >= 0.3 is 0 Å². The van der Waals surface area contributed by atoms with Crippen LogP contribution in [-0.4, -0.2) is 32.8 Å². The average molecular weight is 360 g/mol. The molecule has 0 spiro atoms. The number of hydrogen-bond acceptors (Lipinski definition) is 3. The first-order valence-corrected chi connectivity index (χ1v) is 9.98. The van der Waals surface area contributed by atoms with Gasteiger partial charge in [-0.3, -0.25) is 4.99 Å². The number of guanidine groups is 1. The Hall–Kier alpha value is -1.91. The van der Waals surface area contributed by atoms with Crippen molar-refractivity contribution in [2.75, 3.05) is 26.8 Å². The molecule has 0 heterocycles. The molecule has 3 rings (SSSR count). The summed E-state index contributed by atoms with van der Waals surface area (Å²) in [5.41, 5.74) is 1.71. The second-order valence-corrected chi connectivity index (χ2v) is 7.50. The highest BCUT2D eigenvalue weighted by molar-refractivity contribution is 5.80. The van der Waals surface area contributed by atoms with E-state index >= 15 is 0 Å². The van der Waals surface area contributed by atoms with Gasteiger partial charge in [-0.05, 0) is 75.5 Å². The van der Waals surface area contributed by atoms with Crippen LogP contribution in [0.4, 0.5) is 0 Å². The lowest BCUT2D eigenvalue weighted by molar-refractivity contribution is 0.287. The van der Waals surface area contributed by atoms with Gasteiger partial charge < -0.3 is 20.1 Å². The summed E-state index contributed by atoms with van der Waals surface area (Å²) in [6, 6.07) is 6.27.